The molecule has 183 valence electrons. The van der Waals surface area contributed by atoms with Crippen molar-refractivity contribution in [2.75, 3.05) is 44.8 Å². The van der Waals surface area contributed by atoms with E-state index in [9.17, 15) is 4.79 Å². The van der Waals surface area contributed by atoms with E-state index in [1.54, 1.807) is 19.2 Å². The predicted octanol–water partition coefficient (Wildman–Crippen LogP) is 2.63. The van der Waals surface area contributed by atoms with Crippen LogP contribution in [0.4, 0.5) is 5.95 Å². The van der Waals surface area contributed by atoms with Crippen LogP contribution in [0.3, 0.4) is 0 Å². The molecule has 0 spiro atoms. The van der Waals surface area contributed by atoms with Gasteiger partial charge < -0.3 is 29.7 Å². The lowest BCUT2D eigenvalue weighted by Crippen LogP contribution is -2.50. The zero-order valence-electron chi connectivity index (χ0n) is 19.6. The number of amides is 1. The van der Waals surface area contributed by atoms with Crippen LogP contribution in [0.2, 0.25) is 5.02 Å². The van der Waals surface area contributed by atoms with Crippen LogP contribution in [0.25, 0.3) is 0 Å². The van der Waals surface area contributed by atoms with E-state index >= 15 is 0 Å². The number of anilines is 1. The zero-order chi connectivity index (χ0) is 23.9. The number of nitrogens with one attached hydrogen (secondary N) is 2. The van der Waals surface area contributed by atoms with Gasteiger partial charge in [-0.25, -0.2) is 4.98 Å². The molecule has 3 heterocycles. The van der Waals surface area contributed by atoms with Crippen molar-refractivity contribution in [1.29, 1.82) is 0 Å². The average molecular weight is 489 g/mol. The number of carbonyl (C=O) groups excluding carboxylic acids is 1. The molecule has 2 aromatic rings. The van der Waals surface area contributed by atoms with Crippen LogP contribution >= 0.6 is 11.6 Å². The third kappa shape index (κ3) is 6.08. The van der Waals surface area contributed by atoms with Crippen LogP contribution < -0.4 is 25.0 Å². The Hall–Kier alpha value is -2.62. The Bertz CT molecular complexity index is 980. The monoisotopic (exact) mass is 488 g/mol. The van der Waals surface area contributed by atoms with Gasteiger partial charge in [0.1, 0.15) is 17.9 Å². The fraction of sp³-hybridized carbons (Fsp3) is 0.500. The minimum atomic E-state index is -0.304. The number of rotatable bonds is 8. The molecule has 9 nitrogen and oxygen atoms in total. The second-order valence-electron chi connectivity index (χ2n) is 8.40. The third-order valence-electron chi connectivity index (χ3n) is 5.92. The summed E-state index contributed by atoms with van der Waals surface area (Å²) in [5, 5.41) is 6.78. The summed E-state index contributed by atoms with van der Waals surface area (Å²) in [5.74, 6) is 1.06. The Morgan fingerprint density at radius 2 is 2.32 bits per heavy atom. The fourth-order valence-electron chi connectivity index (χ4n) is 3.96. The van der Waals surface area contributed by atoms with Gasteiger partial charge in [-0.15, -0.1) is 0 Å². The average Bonchev–Trinajstić information content (AvgIpc) is 2.88. The molecule has 0 bridgehead atoms. The van der Waals surface area contributed by atoms with Crippen molar-refractivity contribution in [1.82, 2.24) is 20.6 Å². The molecule has 34 heavy (non-hydrogen) atoms. The van der Waals surface area contributed by atoms with Crippen molar-refractivity contribution < 1.29 is 19.0 Å². The maximum atomic E-state index is 13.2. The van der Waals surface area contributed by atoms with Crippen molar-refractivity contribution in [2.24, 2.45) is 0 Å². The first kappa shape index (κ1) is 24.5. The van der Waals surface area contributed by atoms with E-state index in [1.165, 1.54) is 6.20 Å². The van der Waals surface area contributed by atoms with E-state index in [2.05, 4.69) is 31.9 Å². The smallest absolute Gasteiger partial charge is 0.258 e. The highest BCUT2D eigenvalue weighted by Crippen LogP contribution is 2.27. The van der Waals surface area contributed by atoms with Crippen LogP contribution in [0, 0.1) is 6.42 Å². The summed E-state index contributed by atoms with van der Waals surface area (Å²) in [4.78, 5) is 24.3. The molecule has 1 radical (unpaired) electrons. The molecule has 1 aromatic carbocycles. The second-order valence-corrected chi connectivity index (χ2v) is 8.81. The van der Waals surface area contributed by atoms with Gasteiger partial charge in [0.25, 0.3) is 5.91 Å². The van der Waals surface area contributed by atoms with Crippen LogP contribution in [-0.4, -0.2) is 67.9 Å². The molecule has 2 N–H and O–H groups in total. The Morgan fingerprint density at radius 1 is 1.44 bits per heavy atom. The first-order chi connectivity index (χ1) is 16.5. The van der Waals surface area contributed by atoms with Gasteiger partial charge in [-0.3, -0.25) is 4.79 Å². The van der Waals surface area contributed by atoms with Crippen LogP contribution in [0.15, 0.2) is 24.4 Å². The number of carbonyl (C=O) groups is 1. The van der Waals surface area contributed by atoms with Crippen molar-refractivity contribution in [3.63, 3.8) is 0 Å². The van der Waals surface area contributed by atoms with Gasteiger partial charge in [-0.05, 0) is 43.9 Å². The van der Waals surface area contributed by atoms with E-state index in [1.807, 2.05) is 13.0 Å². The molecule has 1 aromatic heterocycles. The first-order valence-electron chi connectivity index (χ1n) is 11.6. The highest BCUT2D eigenvalue weighted by Gasteiger charge is 2.25. The van der Waals surface area contributed by atoms with Crippen molar-refractivity contribution in [3.8, 4) is 11.6 Å². The number of hydrogen-bond donors (Lipinski definition) is 2. The molecular weight excluding hydrogens is 458 g/mol. The number of benzene rings is 1. The number of nitrogens with zero attached hydrogens (tertiary/aromatic N) is 3. The number of halogens is 1. The van der Waals surface area contributed by atoms with E-state index in [0.717, 1.165) is 38.0 Å². The fourth-order valence-corrected chi connectivity index (χ4v) is 4.24. The Kier molecular flexibility index (Phi) is 8.42. The Balaban J connectivity index is 1.53. The topological polar surface area (TPSA) is 97.8 Å². The Morgan fingerprint density at radius 3 is 3.03 bits per heavy atom. The number of ether oxygens (including phenoxy) is 3. The molecule has 2 unspecified atom stereocenters. The lowest BCUT2D eigenvalue weighted by molar-refractivity contribution is 0.00855. The number of morpholine rings is 1. The zero-order valence-corrected chi connectivity index (χ0v) is 20.3. The largest absolute Gasteiger partial charge is 0.495 e. The molecule has 2 saturated heterocycles. The van der Waals surface area contributed by atoms with Crippen molar-refractivity contribution in [3.05, 3.63) is 47.0 Å². The van der Waals surface area contributed by atoms with Crippen LogP contribution in [0.1, 0.15) is 35.7 Å². The number of hydrogen-bond acceptors (Lipinski definition) is 8. The summed E-state index contributed by atoms with van der Waals surface area (Å²) in [6.45, 7) is 5.86. The van der Waals surface area contributed by atoms with Gasteiger partial charge in [0.05, 0.1) is 30.9 Å². The van der Waals surface area contributed by atoms with Crippen LogP contribution in [-0.2, 0) is 11.3 Å². The van der Waals surface area contributed by atoms with Crippen molar-refractivity contribution in [2.45, 2.75) is 38.5 Å². The summed E-state index contributed by atoms with van der Waals surface area (Å²) >= 11 is 6.25. The molecule has 2 atom stereocenters. The van der Waals surface area contributed by atoms with E-state index in [-0.39, 0.29) is 36.1 Å². The Labute approximate surface area is 205 Å². The van der Waals surface area contributed by atoms with Crippen LogP contribution in [0.5, 0.6) is 11.6 Å². The molecular formula is C24H31ClN5O4. The summed E-state index contributed by atoms with van der Waals surface area (Å²) in [5.41, 5.74) is 1.11. The van der Waals surface area contributed by atoms with E-state index in [4.69, 9.17) is 25.8 Å². The molecule has 2 fully saturated rings. The summed E-state index contributed by atoms with van der Waals surface area (Å²) in [7, 11) is 1.57. The maximum absolute atomic E-state index is 13.2. The normalized spacial score (nSPS) is 19.4. The van der Waals surface area contributed by atoms with Gasteiger partial charge in [-0.1, -0.05) is 17.7 Å². The van der Waals surface area contributed by atoms with Crippen molar-refractivity contribution >= 4 is 23.5 Å². The maximum Gasteiger partial charge on any atom is 0.258 e. The SMILES string of the molecule is COc1ccc(COc2nc(N3C[CH]CCC3)ncc2C(=O)NC(C)C2CNCCO2)cc1Cl. The number of aromatic nitrogens is 2. The second kappa shape index (κ2) is 11.7. The molecule has 10 heteroatoms. The number of piperidine rings is 1. The highest BCUT2D eigenvalue weighted by molar-refractivity contribution is 6.32. The van der Waals surface area contributed by atoms with Gasteiger partial charge in [0.15, 0.2) is 0 Å². The molecule has 4 rings (SSSR count). The van der Waals surface area contributed by atoms with E-state index in [0.29, 0.717) is 29.9 Å². The molecule has 2 aliphatic heterocycles. The summed E-state index contributed by atoms with van der Waals surface area (Å²) in [6.07, 6.45) is 5.75. The standard InChI is InChI=1S/C24H31ClN5O4/c1-16(21-14-26-8-11-33-21)28-22(31)18-13-27-24(30-9-4-3-5-10-30)29-23(18)34-15-17-6-7-20(32-2)19(25)12-17/h4,6-7,12-13,16,21,26H,3,5,8-11,14-15H2,1-2H3,(H,28,31). The van der Waals surface area contributed by atoms with Gasteiger partial charge >= 0.3 is 0 Å². The quantitative estimate of drug-likeness (QED) is 0.585. The van der Waals surface area contributed by atoms with Gasteiger partial charge in [-0.2, -0.15) is 4.98 Å². The molecule has 0 saturated carbocycles. The molecule has 2 aliphatic rings. The third-order valence-corrected chi connectivity index (χ3v) is 6.21. The van der Waals surface area contributed by atoms with Gasteiger partial charge in [0, 0.05) is 32.4 Å². The first-order valence-corrected chi connectivity index (χ1v) is 11.9. The predicted molar refractivity (Wildman–Crippen MR) is 130 cm³/mol. The number of methoxy groups -OCH3 is 1. The summed E-state index contributed by atoms with van der Waals surface area (Å²) < 4.78 is 17.0. The minimum absolute atomic E-state index is 0.104. The van der Waals surface area contributed by atoms with Gasteiger partial charge in [0.2, 0.25) is 11.8 Å². The summed E-state index contributed by atoms with van der Waals surface area (Å²) in [6, 6.07) is 5.23. The lowest BCUT2D eigenvalue weighted by Gasteiger charge is -2.29. The lowest BCUT2D eigenvalue weighted by atomic mass is 10.1. The molecule has 1 amide bonds. The highest BCUT2D eigenvalue weighted by atomic mass is 35.5. The van der Waals surface area contributed by atoms with E-state index < -0.39 is 0 Å². The minimum Gasteiger partial charge on any atom is -0.495 e. The molecule has 0 aliphatic carbocycles.